The highest BCUT2D eigenvalue weighted by atomic mass is 16.5. The van der Waals surface area contributed by atoms with E-state index < -0.39 is 0 Å². The number of aromatic nitrogens is 1. The van der Waals surface area contributed by atoms with Crippen LogP contribution in [0.15, 0.2) is 84.9 Å². The van der Waals surface area contributed by atoms with Gasteiger partial charge in [0.05, 0.1) is 25.6 Å². The standard InChI is InChI=1S/C27H26N2O2/c1-29(2)23-11-5-19(6-12-23)22-17-26(20-7-13-24(30-3)14-8-20)28-27(18-22)21-9-15-25(31-4)16-10-21/h5-18H,1-4H3. The fourth-order valence-corrected chi connectivity index (χ4v) is 3.47. The fraction of sp³-hybridized carbons (Fsp3) is 0.148. The Hall–Kier alpha value is -3.79. The minimum Gasteiger partial charge on any atom is -0.497 e. The van der Waals surface area contributed by atoms with Crippen molar-refractivity contribution in [3.05, 3.63) is 84.9 Å². The predicted octanol–water partition coefficient (Wildman–Crippen LogP) is 6.17. The number of rotatable bonds is 6. The Labute approximate surface area is 183 Å². The van der Waals surface area contributed by atoms with E-state index in [1.807, 2.05) is 62.6 Å². The number of ether oxygens (including phenoxy) is 2. The molecule has 4 aromatic rings. The monoisotopic (exact) mass is 410 g/mol. The molecule has 0 fully saturated rings. The van der Waals surface area contributed by atoms with E-state index >= 15 is 0 Å². The lowest BCUT2D eigenvalue weighted by Gasteiger charge is -2.14. The van der Waals surface area contributed by atoms with Gasteiger partial charge in [-0.1, -0.05) is 12.1 Å². The van der Waals surface area contributed by atoms with Gasteiger partial charge in [0.2, 0.25) is 0 Å². The van der Waals surface area contributed by atoms with Crippen LogP contribution in [-0.2, 0) is 0 Å². The summed E-state index contributed by atoms with van der Waals surface area (Å²) in [6.07, 6.45) is 0. The van der Waals surface area contributed by atoms with Crippen LogP contribution in [0.25, 0.3) is 33.6 Å². The molecule has 0 aliphatic carbocycles. The summed E-state index contributed by atoms with van der Waals surface area (Å²) in [6.45, 7) is 0. The van der Waals surface area contributed by atoms with Crippen LogP contribution in [0.3, 0.4) is 0 Å². The molecule has 1 heterocycles. The summed E-state index contributed by atoms with van der Waals surface area (Å²) in [6, 6.07) is 28.9. The molecule has 4 rings (SSSR count). The van der Waals surface area contributed by atoms with E-state index in [-0.39, 0.29) is 0 Å². The van der Waals surface area contributed by atoms with Crippen LogP contribution in [0.1, 0.15) is 0 Å². The zero-order chi connectivity index (χ0) is 21.8. The maximum absolute atomic E-state index is 5.31. The number of methoxy groups -OCH3 is 2. The third-order valence-corrected chi connectivity index (χ3v) is 5.31. The molecule has 0 saturated heterocycles. The summed E-state index contributed by atoms with van der Waals surface area (Å²) >= 11 is 0. The molecular formula is C27H26N2O2. The molecule has 0 spiro atoms. The van der Waals surface area contributed by atoms with E-state index in [2.05, 4.69) is 41.3 Å². The summed E-state index contributed by atoms with van der Waals surface area (Å²) in [5.74, 6) is 1.66. The van der Waals surface area contributed by atoms with Gasteiger partial charge >= 0.3 is 0 Å². The summed E-state index contributed by atoms with van der Waals surface area (Å²) in [7, 11) is 7.44. The number of hydrogen-bond donors (Lipinski definition) is 0. The van der Waals surface area contributed by atoms with Gasteiger partial charge in [-0.15, -0.1) is 0 Å². The van der Waals surface area contributed by atoms with Gasteiger partial charge < -0.3 is 14.4 Å². The molecular weight excluding hydrogens is 384 g/mol. The largest absolute Gasteiger partial charge is 0.497 e. The Kier molecular flexibility index (Phi) is 5.89. The molecule has 0 aliphatic rings. The van der Waals surface area contributed by atoms with Crippen LogP contribution in [0.5, 0.6) is 11.5 Å². The van der Waals surface area contributed by atoms with Crippen molar-refractivity contribution >= 4 is 5.69 Å². The second-order valence-electron chi connectivity index (χ2n) is 7.52. The van der Waals surface area contributed by atoms with Crippen LogP contribution >= 0.6 is 0 Å². The summed E-state index contributed by atoms with van der Waals surface area (Å²) in [4.78, 5) is 7.07. The van der Waals surface area contributed by atoms with Gasteiger partial charge in [-0.2, -0.15) is 0 Å². The third kappa shape index (κ3) is 4.53. The van der Waals surface area contributed by atoms with Gasteiger partial charge in [-0.05, 0) is 83.9 Å². The number of nitrogens with zero attached hydrogens (tertiary/aromatic N) is 2. The van der Waals surface area contributed by atoms with Crippen LogP contribution in [0.4, 0.5) is 5.69 Å². The first kappa shape index (κ1) is 20.5. The number of benzene rings is 3. The van der Waals surface area contributed by atoms with Crippen molar-refractivity contribution < 1.29 is 9.47 Å². The van der Waals surface area contributed by atoms with Crippen molar-refractivity contribution in [1.82, 2.24) is 4.98 Å². The van der Waals surface area contributed by atoms with Crippen molar-refractivity contribution in [2.45, 2.75) is 0 Å². The van der Waals surface area contributed by atoms with E-state index in [9.17, 15) is 0 Å². The molecule has 0 aliphatic heterocycles. The van der Waals surface area contributed by atoms with E-state index in [1.54, 1.807) is 14.2 Å². The molecule has 0 bridgehead atoms. The molecule has 4 nitrogen and oxygen atoms in total. The highest BCUT2D eigenvalue weighted by Crippen LogP contribution is 2.32. The third-order valence-electron chi connectivity index (χ3n) is 5.31. The lowest BCUT2D eigenvalue weighted by molar-refractivity contribution is 0.415. The molecule has 31 heavy (non-hydrogen) atoms. The van der Waals surface area contributed by atoms with Crippen molar-refractivity contribution in [1.29, 1.82) is 0 Å². The van der Waals surface area contributed by atoms with Crippen LogP contribution in [0.2, 0.25) is 0 Å². The minimum atomic E-state index is 0.828. The first-order chi connectivity index (χ1) is 15.1. The second-order valence-corrected chi connectivity index (χ2v) is 7.52. The van der Waals surface area contributed by atoms with Crippen molar-refractivity contribution in [2.24, 2.45) is 0 Å². The molecule has 0 atom stereocenters. The van der Waals surface area contributed by atoms with Gasteiger partial charge in [-0.25, -0.2) is 4.98 Å². The van der Waals surface area contributed by atoms with E-state index in [4.69, 9.17) is 14.5 Å². The van der Waals surface area contributed by atoms with Crippen LogP contribution < -0.4 is 14.4 Å². The zero-order valence-electron chi connectivity index (χ0n) is 18.3. The van der Waals surface area contributed by atoms with E-state index in [1.165, 1.54) is 5.69 Å². The lowest BCUT2D eigenvalue weighted by atomic mass is 9.99. The Bertz CT molecular complexity index is 1080. The highest BCUT2D eigenvalue weighted by Gasteiger charge is 2.10. The lowest BCUT2D eigenvalue weighted by Crippen LogP contribution is -2.07. The van der Waals surface area contributed by atoms with Gasteiger partial charge in [0.25, 0.3) is 0 Å². The molecule has 4 heteroatoms. The van der Waals surface area contributed by atoms with Crippen molar-refractivity contribution in [2.75, 3.05) is 33.2 Å². The maximum Gasteiger partial charge on any atom is 0.118 e. The molecule has 0 unspecified atom stereocenters. The fourth-order valence-electron chi connectivity index (χ4n) is 3.47. The minimum absolute atomic E-state index is 0.828. The first-order valence-electron chi connectivity index (χ1n) is 10.2. The number of anilines is 1. The smallest absolute Gasteiger partial charge is 0.118 e. The van der Waals surface area contributed by atoms with E-state index in [0.29, 0.717) is 0 Å². The van der Waals surface area contributed by atoms with E-state index in [0.717, 1.165) is 45.1 Å². The number of pyridine rings is 1. The highest BCUT2D eigenvalue weighted by molar-refractivity contribution is 5.77. The molecule has 0 N–H and O–H groups in total. The Morgan fingerprint density at radius 3 is 1.35 bits per heavy atom. The topological polar surface area (TPSA) is 34.6 Å². The Morgan fingerprint density at radius 2 is 0.968 bits per heavy atom. The van der Waals surface area contributed by atoms with Gasteiger partial charge in [-0.3, -0.25) is 0 Å². The normalized spacial score (nSPS) is 10.6. The molecule has 0 amide bonds. The van der Waals surface area contributed by atoms with Crippen LogP contribution in [0, 0.1) is 0 Å². The van der Waals surface area contributed by atoms with Gasteiger partial charge in [0.1, 0.15) is 11.5 Å². The van der Waals surface area contributed by atoms with Crippen molar-refractivity contribution in [3.8, 4) is 45.1 Å². The summed E-state index contributed by atoms with van der Waals surface area (Å²) in [5, 5.41) is 0. The predicted molar refractivity (Wildman–Crippen MR) is 128 cm³/mol. The molecule has 1 aromatic heterocycles. The van der Waals surface area contributed by atoms with Gasteiger partial charge in [0, 0.05) is 30.9 Å². The summed E-state index contributed by atoms with van der Waals surface area (Å²) < 4.78 is 10.6. The molecule has 156 valence electrons. The number of hydrogen-bond acceptors (Lipinski definition) is 4. The first-order valence-corrected chi connectivity index (χ1v) is 10.2. The second kappa shape index (κ2) is 8.92. The quantitative estimate of drug-likeness (QED) is 0.381. The SMILES string of the molecule is COc1ccc(-c2cc(-c3ccc(N(C)C)cc3)cc(-c3ccc(OC)cc3)n2)cc1. The average molecular weight is 411 g/mol. The Morgan fingerprint density at radius 1 is 0.548 bits per heavy atom. The summed E-state index contributed by atoms with van der Waals surface area (Å²) in [5.41, 5.74) is 7.37. The Balaban J connectivity index is 1.82. The average Bonchev–Trinajstić information content (AvgIpc) is 2.84. The molecule has 3 aromatic carbocycles. The van der Waals surface area contributed by atoms with Crippen LogP contribution in [-0.4, -0.2) is 33.3 Å². The van der Waals surface area contributed by atoms with Gasteiger partial charge in [0.15, 0.2) is 0 Å². The molecule has 0 saturated carbocycles. The molecule has 0 radical (unpaired) electrons. The maximum atomic E-state index is 5.31. The van der Waals surface area contributed by atoms with Crippen molar-refractivity contribution in [3.63, 3.8) is 0 Å². The zero-order valence-corrected chi connectivity index (χ0v) is 18.3.